The van der Waals surface area contributed by atoms with Gasteiger partial charge < -0.3 is 15.2 Å². The van der Waals surface area contributed by atoms with Crippen LogP contribution < -0.4 is 5.32 Å². The summed E-state index contributed by atoms with van der Waals surface area (Å²) in [5, 5.41) is 12.0. The lowest BCUT2D eigenvalue weighted by molar-refractivity contribution is -0.145. The van der Waals surface area contributed by atoms with E-state index in [-0.39, 0.29) is 5.91 Å². The van der Waals surface area contributed by atoms with Crippen molar-refractivity contribution in [3.8, 4) is 0 Å². The Labute approximate surface area is 109 Å². The quantitative estimate of drug-likeness (QED) is 0.802. The van der Waals surface area contributed by atoms with Crippen LogP contribution in [0.4, 0.5) is 5.69 Å². The average Bonchev–Trinajstić information content (AvgIpc) is 2.99. The summed E-state index contributed by atoms with van der Waals surface area (Å²) in [6.45, 7) is 0. The van der Waals surface area contributed by atoms with Crippen LogP contribution in [0.15, 0.2) is 42.5 Å². The predicted octanol–water partition coefficient (Wildman–Crippen LogP) is 1.28. The van der Waals surface area contributed by atoms with Gasteiger partial charge in [0.15, 0.2) is 0 Å². The fraction of sp³-hybridized carbons (Fsp3) is 0.286. The zero-order valence-corrected chi connectivity index (χ0v) is 10.0. The van der Waals surface area contributed by atoms with Crippen LogP contribution in [0.5, 0.6) is 0 Å². The molecule has 2 heterocycles. The predicted molar refractivity (Wildman–Crippen MR) is 67.5 cm³/mol. The molecule has 1 aromatic carbocycles. The Bertz CT molecular complexity index is 540. The van der Waals surface area contributed by atoms with Crippen molar-refractivity contribution in [2.75, 3.05) is 5.32 Å². The minimum atomic E-state index is -0.995. The van der Waals surface area contributed by atoms with E-state index in [1.807, 2.05) is 18.2 Å². The molecule has 0 spiro atoms. The summed E-state index contributed by atoms with van der Waals surface area (Å²) < 4.78 is 5.46. The van der Waals surface area contributed by atoms with Gasteiger partial charge in [0.05, 0.1) is 18.1 Å². The van der Waals surface area contributed by atoms with Crippen molar-refractivity contribution in [1.82, 2.24) is 0 Å². The van der Waals surface area contributed by atoms with Crippen molar-refractivity contribution in [3.63, 3.8) is 0 Å². The average molecular weight is 259 g/mol. The van der Waals surface area contributed by atoms with Gasteiger partial charge in [-0.05, 0) is 12.1 Å². The van der Waals surface area contributed by atoms with Crippen LogP contribution in [0.1, 0.15) is 0 Å². The van der Waals surface area contributed by atoms with Gasteiger partial charge in [0.25, 0.3) is 0 Å². The lowest BCUT2D eigenvalue weighted by Gasteiger charge is -2.20. The standard InChI is InChI=1S/C14H13NO4/c16-13(15-8-4-2-1-3-5-8)11-9-6-7-10(19-9)12(11)14(17)18/h1-7,9-12H,(H,15,16)(H,17,18)/t9-,10+,11-,12+/m1/s1. The minimum absolute atomic E-state index is 0.310. The molecule has 0 unspecified atom stereocenters. The van der Waals surface area contributed by atoms with Crippen molar-refractivity contribution in [2.45, 2.75) is 12.2 Å². The van der Waals surface area contributed by atoms with Crippen molar-refractivity contribution in [2.24, 2.45) is 11.8 Å². The van der Waals surface area contributed by atoms with Crippen LogP contribution >= 0.6 is 0 Å². The van der Waals surface area contributed by atoms with Gasteiger partial charge in [0, 0.05) is 5.69 Å². The molecule has 98 valence electrons. The van der Waals surface area contributed by atoms with Crippen LogP contribution in [0.2, 0.25) is 0 Å². The monoisotopic (exact) mass is 259 g/mol. The summed E-state index contributed by atoms with van der Waals surface area (Å²) in [6.07, 6.45) is 2.55. The minimum Gasteiger partial charge on any atom is -0.481 e. The summed E-state index contributed by atoms with van der Waals surface area (Å²) in [6, 6.07) is 8.98. The molecule has 19 heavy (non-hydrogen) atoms. The number of para-hydroxylation sites is 1. The third kappa shape index (κ3) is 2.02. The maximum Gasteiger partial charge on any atom is 0.310 e. The number of anilines is 1. The maximum atomic E-state index is 12.2. The molecule has 2 aliphatic heterocycles. The fourth-order valence-electron chi connectivity index (χ4n) is 2.66. The normalized spacial score (nSPS) is 31.4. The number of carboxylic acid groups (broad SMARTS) is 1. The van der Waals surface area contributed by atoms with Crippen LogP contribution in [0.3, 0.4) is 0 Å². The summed E-state index contributed by atoms with van der Waals surface area (Å²) >= 11 is 0. The second-order valence-electron chi connectivity index (χ2n) is 4.70. The number of hydrogen-bond acceptors (Lipinski definition) is 3. The molecule has 1 fully saturated rings. The van der Waals surface area contributed by atoms with Crippen LogP contribution in [-0.4, -0.2) is 29.2 Å². The van der Waals surface area contributed by atoms with E-state index in [0.717, 1.165) is 0 Å². The Kier molecular flexibility index (Phi) is 2.83. The van der Waals surface area contributed by atoms with Gasteiger partial charge in [-0.2, -0.15) is 0 Å². The second-order valence-corrected chi connectivity index (χ2v) is 4.70. The fourth-order valence-corrected chi connectivity index (χ4v) is 2.66. The van der Waals surface area contributed by atoms with Crippen molar-refractivity contribution in [3.05, 3.63) is 42.5 Å². The number of carboxylic acids is 1. The molecule has 2 bridgehead atoms. The van der Waals surface area contributed by atoms with Crippen molar-refractivity contribution in [1.29, 1.82) is 0 Å². The van der Waals surface area contributed by atoms with Gasteiger partial charge >= 0.3 is 5.97 Å². The molecule has 1 saturated heterocycles. The number of aliphatic carboxylic acids is 1. The highest BCUT2D eigenvalue weighted by molar-refractivity contribution is 5.96. The first kappa shape index (κ1) is 11.9. The number of rotatable bonds is 3. The Morgan fingerprint density at radius 3 is 2.32 bits per heavy atom. The van der Waals surface area contributed by atoms with E-state index in [1.165, 1.54) is 0 Å². The van der Waals surface area contributed by atoms with Gasteiger partial charge in [-0.15, -0.1) is 0 Å². The second kappa shape index (κ2) is 4.51. The molecule has 5 nitrogen and oxygen atoms in total. The Morgan fingerprint density at radius 1 is 1.05 bits per heavy atom. The van der Waals surface area contributed by atoms with Crippen molar-refractivity contribution >= 4 is 17.6 Å². The first-order valence-corrected chi connectivity index (χ1v) is 6.09. The molecule has 1 aromatic rings. The number of amides is 1. The van der Waals surface area contributed by atoms with E-state index in [4.69, 9.17) is 4.74 Å². The van der Waals surface area contributed by atoms with Crippen LogP contribution in [-0.2, 0) is 14.3 Å². The van der Waals surface area contributed by atoms with Crippen molar-refractivity contribution < 1.29 is 19.4 Å². The van der Waals surface area contributed by atoms with E-state index in [2.05, 4.69) is 5.32 Å². The number of benzene rings is 1. The van der Waals surface area contributed by atoms with Gasteiger partial charge in [0.2, 0.25) is 5.91 Å². The largest absolute Gasteiger partial charge is 0.481 e. The number of nitrogens with one attached hydrogen (secondary N) is 1. The highest BCUT2D eigenvalue weighted by Gasteiger charge is 2.53. The number of carbonyl (C=O) groups excluding carboxylic acids is 1. The molecule has 1 amide bonds. The van der Waals surface area contributed by atoms with Gasteiger partial charge in [0.1, 0.15) is 5.92 Å². The number of fused-ring (bicyclic) bond motifs is 2. The molecule has 0 radical (unpaired) electrons. The van der Waals surface area contributed by atoms with E-state index in [0.29, 0.717) is 5.69 Å². The molecule has 3 rings (SSSR count). The lowest BCUT2D eigenvalue weighted by atomic mass is 9.82. The highest BCUT2D eigenvalue weighted by Crippen LogP contribution is 2.39. The topological polar surface area (TPSA) is 75.6 Å². The molecular weight excluding hydrogens is 246 g/mol. The number of carbonyl (C=O) groups is 2. The molecule has 0 aromatic heterocycles. The Balaban J connectivity index is 1.79. The highest BCUT2D eigenvalue weighted by atomic mass is 16.5. The first-order chi connectivity index (χ1) is 9.16. The SMILES string of the molecule is O=C(O)[C@@H]1[C@H](C(=O)Nc2ccccc2)[C@H]2C=C[C@@H]1O2. The maximum absolute atomic E-state index is 12.2. The Hall–Kier alpha value is -2.14. The third-order valence-electron chi connectivity index (χ3n) is 3.53. The lowest BCUT2D eigenvalue weighted by Crippen LogP contribution is -2.39. The van der Waals surface area contributed by atoms with Gasteiger partial charge in [-0.25, -0.2) is 0 Å². The summed E-state index contributed by atoms with van der Waals surface area (Å²) in [5.41, 5.74) is 0.656. The molecule has 5 heteroatoms. The Morgan fingerprint density at radius 2 is 1.68 bits per heavy atom. The van der Waals surface area contributed by atoms with E-state index < -0.39 is 30.0 Å². The molecule has 0 aliphatic carbocycles. The van der Waals surface area contributed by atoms with Gasteiger partial charge in [-0.1, -0.05) is 30.4 Å². The summed E-state index contributed by atoms with van der Waals surface area (Å²) in [5.74, 6) is -2.79. The molecule has 2 N–H and O–H groups in total. The smallest absolute Gasteiger partial charge is 0.310 e. The van der Waals surface area contributed by atoms with Gasteiger partial charge in [-0.3, -0.25) is 9.59 Å². The number of hydrogen-bond donors (Lipinski definition) is 2. The third-order valence-corrected chi connectivity index (χ3v) is 3.53. The van der Waals surface area contributed by atoms with E-state index >= 15 is 0 Å². The summed E-state index contributed by atoms with van der Waals surface area (Å²) in [4.78, 5) is 23.5. The van der Waals surface area contributed by atoms with Crippen LogP contribution in [0.25, 0.3) is 0 Å². The molecule has 4 atom stereocenters. The van der Waals surface area contributed by atoms with Crippen LogP contribution in [0, 0.1) is 11.8 Å². The zero-order valence-electron chi connectivity index (χ0n) is 10.0. The summed E-state index contributed by atoms with van der Waals surface area (Å²) in [7, 11) is 0. The molecular formula is C14H13NO4. The number of ether oxygens (including phenoxy) is 1. The first-order valence-electron chi connectivity index (χ1n) is 6.09. The molecule has 0 saturated carbocycles. The molecule has 2 aliphatic rings. The van der Waals surface area contributed by atoms with E-state index in [9.17, 15) is 14.7 Å². The van der Waals surface area contributed by atoms with E-state index in [1.54, 1.807) is 24.3 Å². The zero-order chi connectivity index (χ0) is 13.4.